The summed E-state index contributed by atoms with van der Waals surface area (Å²) in [6, 6.07) is 0. The summed E-state index contributed by atoms with van der Waals surface area (Å²) in [6.07, 6.45) is 29.3. The summed E-state index contributed by atoms with van der Waals surface area (Å²) in [4.78, 5) is 14.5. The highest BCUT2D eigenvalue weighted by atomic mass is 79.9. The van der Waals surface area contributed by atoms with Gasteiger partial charge in [0.05, 0.1) is 39.8 Å². The molecule has 1 heterocycles. The number of rotatable bonds is 22. The van der Waals surface area contributed by atoms with E-state index in [1.165, 1.54) is 116 Å². The van der Waals surface area contributed by atoms with Gasteiger partial charge in [-0.1, -0.05) is 129 Å². The average molecular weight is 544 g/mol. The maximum atomic E-state index is 12.4. The topological polar surface area (TPSA) is 20.3 Å². The Morgan fingerprint density at radius 2 is 1.06 bits per heavy atom. The summed E-state index contributed by atoms with van der Waals surface area (Å²) in [7, 11) is 2.28. The summed E-state index contributed by atoms with van der Waals surface area (Å²) < 4.78 is 1.03. The van der Waals surface area contributed by atoms with Gasteiger partial charge in [-0.2, -0.15) is 0 Å². The van der Waals surface area contributed by atoms with Crippen LogP contribution in [0.2, 0.25) is 0 Å². The van der Waals surface area contributed by atoms with E-state index < -0.39 is 0 Å². The van der Waals surface area contributed by atoms with E-state index in [0.717, 1.165) is 50.0 Å². The highest BCUT2D eigenvalue weighted by Gasteiger charge is 2.29. The van der Waals surface area contributed by atoms with Crippen molar-refractivity contribution in [3.8, 4) is 0 Å². The maximum absolute atomic E-state index is 12.4. The Balaban J connectivity index is 0.0000109. The van der Waals surface area contributed by atoms with Crippen LogP contribution in [0.15, 0.2) is 12.7 Å². The third-order valence-electron chi connectivity index (χ3n) is 7.74. The fourth-order valence-corrected chi connectivity index (χ4v) is 5.20. The summed E-state index contributed by atoms with van der Waals surface area (Å²) in [6.45, 7) is 11.2. The molecule has 0 aromatic carbocycles. The number of halogens is 1. The van der Waals surface area contributed by atoms with Crippen LogP contribution in [0.3, 0.4) is 0 Å². The first-order valence-electron chi connectivity index (χ1n) is 14.8. The van der Waals surface area contributed by atoms with Gasteiger partial charge in [0, 0.05) is 6.42 Å². The van der Waals surface area contributed by atoms with Crippen LogP contribution < -0.4 is 17.0 Å². The van der Waals surface area contributed by atoms with E-state index in [4.69, 9.17) is 0 Å². The van der Waals surface area contributed by atoms with Gasteiger partial charge in [0.2, 0.25) is 5.91 Å². The molecule has 0 aromatic heterocycles. The fourth-order valence-electron chi connectivity index (χ4n) is 5.20. The van der Waals surface area contributed by atoms with Crippen LogP contribution in [0.5, 0.6) is 0 Å². The zero-order chi connectivity index (χ0) is 24.0. The number of quaternary nitrogens is 1. The quantitative estimate of drug-likeness (QED) is 0.103. The van der Waals surface area contributed by atoms with Gasteiger partial charge in [0.1, 0.15) is 0 Å². The van der Waals surface area contributed by atoms with E-state index in [1.807, 2.05) is 6.08 Å². The molecule has 1 rings (SSSR count). The molecule has 1 fully saturated rings. The van der Waals surface area contributed by atoms with Gasteiger partial charge in [-0.15, -0.1) is 0 Å². The van der Waals surface area contributed by atoms with E-state index in [-0.39, 0.29) is 17.0 Å². The lowest BCUT2D eigenvalue weighted by Crippen LogP contribution is -3.00. The SMILES string of the molecule is C=CC[N+]1(C)CCN(C(=O)CCCCCCCCCCCCCCCCCCCCC)CC1.[Br-]. The second-order valence-electron chi connectivity index (χ2n) is 11.0. The van der Waals surface area contributed by atoms with Gasteiger partial charge in [-0.25, -0.2) is 0 Å². The monoisotopic (exact) mass is 542 g/mol. The number of hydrogen-bond donors (Lipinski definition) is 0. The van der Waals surface area contributed by atoms with Crippen molar-refractivity contribution < 1.29 is 26.3 Å². The first kappa shape index (κ1) is 33.7. The molecule has 0 spiro atoms. The smallest absolute Gasteiger partial charge is 0.222 e. The molecule has 0 saturated carbocycles. The van der Waals surface area contributed by atoms with Crippen LogP contribution in [0, 0.1) is 0 Å². The van der Waals surface area contributed by atoms with Crippen LogP contribution in [0.1, 0.15) is 135 Å². The van der Waals surface area contributed by atoms with Crippen LogP contribution in [0.25, 0.3) is 0 Å². The number of piperazine rings is 1. The molecule has 0 aliphatic carbocycles. The Morgan fingerprint density at radius 3 is 1.41 bits per heavy atom. The first-order valence-corrected chi connectivity index (χ1v) is 14.8. The lowest BCUT2D eigenvalue weighted by atomic mass is 10.0. The number of unbranched alkanes of at least 4 members (excludes halogenated alkanes) is 18. The van der Waals surface area contributed by atoms with Crippen molar-refractivity contribution in [1.82, 2.24) is 4.90 Å². The van der Waals surface area contributed by atoms with Crippen molar-refractivity contribution in [3.63, 3.8) is 0 Å². The molecule has 1 amide bonds. The minimum Gasteiger partial charge on any atom is -1.00 e. The second kappa shape index (κ2) is 23.1. The predicted octanol–water partition coefficient (Wildman–Crippen LogP) is 5.29. The van der Waals surface area contributed by atoms with E-state index in [1.54, 1.807) is 0 Å². The summed E-state index contributed by atoms with van der Waals surface area (Å²) in [5.74, 6) is 0.381. The number of carbonyl (C=O) groups excluding carboxylic acids is 1. The molecule has 0 radical (unpaired) electrons. The average Bonchev–Trinajstić information content (AvgIpc) is 2.81. The Morgan fingerprint density at radius 1 is 0.706 bits per heavy atom. The summed E-state index contributed by atoms with van der Waals surface area (Å²) >= 11 is 0. The Bertz CT molecular complexity index is 474. The second-order valence-corrected chi connectivity index (χ2v) is 11.0. The van der Waals surface area contributed by atoms with Gasteiger partial charge in [-0.3, -0.25) is 4.79 Å². The van der Waals surface area contributed by atoms with Gasteiger partial charge in [-0.05, 0) is 12.5 Å². The van der Waals surface area contributed by atoms with Crippen molar-refractivity contribution >= 4 is 5.91 Å². The number of nitrogens with zero attached hydrogens (tertiary/aromatic N) is 2. The lowest BCUT2D eigenvalue weighted by Gasteiger charge is -2.41. The molecule has 0 unspecified atom stereocenters. The largest absolute Gasteiger partial charge is 1.00 e. The zero-order valence-corrected chi connectivity index (χ0v) is 24.7. The standard InChI is InChI=1S/C30H59N2O.BrH/c1-4-6-7-8-9-10-11-12-13-14-15-16-17-18-19-20-21-22-23-24-30(33)31-25-28-32(3,27-5-2)29-26-31;/h5H,2,4,6-29H2,1,3H3;1H/q+1;/p-1. The molecule has 1 aliphatic heterocycles. The molecule has 3 nitrogen and oxygen atoms in total. The van der Waals surface area contributed by atoms with E-state index >= 15 is 0 Å². The van der Waals surface area contributed by atoms with Crippen molar-refractivity contribution in [2.45, 2.75) is 135 Å². The first-order chi connectivity index (χ1) is 16.1. The van der Waals surface area contributed by atoms with Gasteiger partial charge in [0.15, 0.2) is 0 Å². The van der Waals surface area contributed by atoms with Crippen LogP contribution in [0.4, 0.5) is 0 Å². The molecule has 202 valence electrons. The zero-order valence-electron chi connectivity index (χ0n) is 23.1. The van der Waals surface area contributed by atoms with E-state index in [9.17, 15) is 4.79 Å². The lowest BCUT2D eigenvalue weighted by molar-refractivity contribution is -0.907. The van der Waals surface area contributed by atoms with Crippen LogP contribution in [-0.4, -0.2) is 55.1 Å². The minimum absolute atomic E-state index is 0. The Labute approximate surface area is 224 Å². The van der Waals surface area contributed by atoms with Crippen molar-refractivity contribution in [3.05, 3.63) is 12.7 Å². The van der Waals surface area contributed by atoms with Crippen LogP contribution >= 0.6 is 0 Å². The fraction of sp³-hybridized carbons (Fsp3) is 0.900. The van der Waals surface area contributed by atoms with E-state index in [2.05, 4.69) is 25.5 Å². The molecular formula is C30H59BrN2O. The summed E-state index contributed by atoms with van der Waals surface area (Å²) in [5.41, 5.74) is 0. The van der Waals surface area contributed by atoms with Gasteiger partial charge in [0.25, 0.3) is 0 Å². The van der Waals surface area contributed by atoms with Crippen molar-refractivity contribution in [2.75, 3.05) is 39.8 Å². The number of carbonyl (C=O) groups is 1. The minimum atomic E-state index is 0. The molecule has 4 heteroatoms. The third kappa shape index (κ3) is 18.0. The van der Waals surface area contributed by atoms with Gasteiger partial charge >= 0.3 is 0 Å². The number of likely N-dealkylation sites (N-methyl/N-ethyl adjacent to an activating group) is 1. The molecule has 1 aliphatic rings. The molecule has 0 N–H and O–H groups in total. The predicted molar refractivity (Wildman–Crippen MR) is 146 cm³/mol. The summed E-state index contributed by atoms with van der Waals surface area (Å²) in [5, 5.41) is 0. The molecule has 34 heavy (non-hydrogen) atoms. The highest BCUT2D eigenvalue weighted by Crippen LogP contribution is 2.16. The third-order valence-corrected chi connectivity index (χ3v) is 7.74. The molecule has 0 aromatic rings. The maximum Gasteiger partial charge on any atom is 0.222 e. The molecule has 0 atom stereocenters. The Kier molecular flexibility index (Phi) is 22.8. The molecule has 0 bridgehead atoms. The van der Waals surface area contributed by atoms with E-state index in [0.29, 0.717) is 5.91 Å². The van der Waals surface area contributed by atoms with Crippen molar-refractivity contribution in [2.24, 2.45) is 0 Å². The Hall–Kier alpha value is -0.350. The molecule has 1 saturated heterocycles. The van der Waals surface area contributed by atoms with Gasteiger partial charge < -0.3 is 26.4 Å². The highest BCUT2D eigenvalue weighted by molar-refractivity contribution is 5.76. The normalized spacial score (nSPS) is 15.2. The van der Waals surface area contributed by atoms with Crippen LogP contribution in [-0.2, 0) is 4.79 Å². The number of hydrogen-bond acceptors (Lipinski definition) is 1. The molecular weight excluding hydrogens is 484 g/mol. The number of amides is 1. The van der Waals surface area contributed by atoms with Crippen molar-refractivity contribution in [1.29, 1.82) is 0 Å².